The van der Waals surface area contributed by atoms with Crippen LogP contribution >= 0.6 is 0 Å². The minimum atomic E-state index is -0.395. The van der Waals surface area contributed by atoms with Gasteiger partial charge in [0.15, 0.2) is 0 Å². The van der Waals surface area contributed by atoms with Gasteiger partial charge < -0.3 is 15.4 Å². The van der Waals surface area contributed by atoms with Crippen molar-refractivity contribution in [3.63, 3.8) is 0 Å². The number of carbonyl (C=O) groups excluding carboxylic acids is 2. The molecule has 0 aromatic heterocycles. The summed E-state index contributed by atoms with van der Waals surface area (Å²) in [6.45, 7) is 2.26. The summed E-state index contributed by atoms with van der Waals surface area (Å²) in [7, 11) is 0. The first-order valence-corrected chi connectivity index (χ1v) is 10.2. The summed E-state index contributed by atoms with van der Waals surface area (Å²) >= 11 is 0. The zero-order valence-corrected chi connectivity index (χ0v) is 17.1. The van der Waals surface area contributed by atoms with Gasteiger partial charge in [0.1, 0.15) is 18.2 Å². The van der Waals surface area contributed by atoms with E-state index in [1.54, 1.807) is 12.1 Å². The highest BCUT2D eigenvalue weighted by Gasteiger charge is 2.27. The molecule has 1 heterocycles. The van der Waals surface area contributed by atoms with E-state index >= 15 is 0 Å². The van der Waals surface area contributed by atoms with Crippen molar-refractivity contribution in [3.8, 4) is 5.75 Å². The molecule has 0 radical (unpaired) electrons. The third-order valence-electron chi connectivity index (χ3n) is 5.36. The Hall–Kier alpha value is -3.67. The van der Waals surface area contributed by atoms with Crippen LogP contribution in [0.4, 0.5) is 10.1 Å². The van der Waals surface area contributed by atoms with E-state index < -0.39 is 5.82 Å². The lowest BCUT2D eigenvalue weighted by molar-refractivity contribution is -0.126. The molecule has 2 atom stereocenters. The number of hydrogen-bond acceptors (Lipinski definition) is 3. The zero-order valence-electron chi connectivity index (χ0n) is 17.1. The number of amides is 2. The molecule has 4 rings (SSSR count). The first kappa shape index (κ1) is 20.6. The summed E-state index contributed by atoms with van der Waals surface area (Å²) in [5.41, 5.74) is 2.85. The molecule has 0 fully saturated rings. The highest BCUT2D eigenvalue weighted by atomic mass is 19.1. The van der Waals surface area contributed by atoms with Crippen LogP contribution < -0.4 is 15.4 Å². The van der Waals surface area contributed by atoms with Gasteiger partial charge in [-0.3, -0.25) is 9.59 Å². The van der Waals surface area contributed by atoms with Crippen LogP contribution in [0.5, 0.6) is 5.75 Å². The van der Waals surface area contributed by atoms with Crippen LogP contribution in [0.3, 0.4) is 0 Å². The lowest BCUT2D eigenvalue weighted by atomic mass is 9.95. The highest BCUT2D eigenvalue weighted by Crippen LogP contribution is 2.30. The van der Waals surface area contributed by atoms with Crippen molar-refractivity contribution in [2.24, 2.45) is 5.92 Å². The van der Waals surface area contributed by atoms with Crippen LogP contribution in [0.1, 0.15) is 34.5 Å². The van der Waals surface area contributed by atoms with Gasteiger partial charge in [0, 0.05) is 11.3 Å². The Balaban J connectivity index is 1.41. The van der Waals surface area contributed by atoms with Crippen LogP contribution in [0.2, 0.25) is 0 Å². The SMILES string of the molecule is C[C@H](NC(=O)[C@H]1COc2ccc(NC(=O)c3ccc(F)cc3)cc2C1)c1ccccc1. The van der Waals surface area contributed by atoms with Gasteiger partial charge in [-0.05, 0) is 66.9 Å². The molecule has 158 valence electrons. The van der Waals surface area contributed by atoms with Crippen molar-refractivity contribution < 1.29 is 18.7 Å². The molecule has 2 N–H and O–H groups in total. The molecule has 0 saturated heterocycles. The van der Waals surface area contributed by atoms with Crippen LogP contribution in [0, 0.1) is 11.7 Å². The lowest BCUT2D eigenvalue weighted by Gasteiger charge is -2.26. The van der Waals surface area contributed by atoms with E-state index in [1.165, 1.54) is 24.3 Å². The number of rotatable bonds is 5. The number of hydrogen-bond donors (Lipinski definition) is 2. The van der Waals surface area contributed by atoms with E-state index in [1.807, 2.05) is 43.3 Å². The van der Waals surface area contributed by atoms with Crippen LogP contribution in [0.25, 0.3) is 0 Å². The Bertz CT molecular complexity index is 1080. The van der Waals surface area contributed by atoms with Crippen molar-refractivity contribution in [1.29, 1.82) is 0 Å². The summed E-state index contributed by atoms with van der Waals surface area (Å²) in [6.07, 6.45) is 0.517. The van der Waals surface area contributed by atoms with E-state index in [2.05, 4.69) is 10.6 Å². The monoisotopic (exact) mass is 418 g/mol. The molecule has 6 heteroatoms. The number of benzene rings is 3. The normalized spacial score (nSPS) is 15.9. The summed E-state index contributed by atoms with van der Waals surface area (Å²) in [5.74, 6) is -0.402. The fourth-order valence-electron chi connectivity index (χ4n) is 3.60. The molecule has 3 aromatic carbocycles. The second-order valence-electron chi connectivity index (χ2n) is 7.64. The third kappa shape index (κ3) is 4.91. The Morgan fingerprint density at radius 1 is 1.03 bits per heavy atom. The second-order valence-corrected chi connectivity index (χ2v) is 7.64. The smallest absolute Gasteiger partial charge is 0.255 e. The molecule has 0 aliphatic carbocycles. The number of ether oxygens (including phenoxy) is 1. The number of fused-ring (bicyclic) bond motifs is 1. The fourth-order valence-corrected chi connectivity index (χ4v) is 3.60. The average molecular weight is 418 g/mol. The van der Waals surface area contributed by atoms with Gasteiger partial charge in [-0.25, -0.2) is 4.39 Å². The number of carbonyl (C=O) groups is 2. The van der Waals surface area contributed by atoms with Crippen LogP contribution in [0.15, 0.2) is 72.8 Å². The topological polar surface area (TPSA) is 67.4 Å². The second kappa shape index (κ2) is 9.00. The van der Waals surface area contributed by atoms with Gasteiger partial charge in [-0.1, -0.05) is 30.3 Å². The Labute approximate surface area is 180 Å². The van der Waals surface area contributed by atoms with Crippen molar-refractivity contribution in [1.82, 2.24) is 5.32 Å². The molecule has 0 spiro atoms. The van der Waals surface area contributed by atoms with Gasteiger partial charge in [-0.2, -0.15) is 0 Å². The summed E-state index contributed by atoms with van der Waals surface area (Å²) in [4.78, 5) is 25.2. The molecule has 0 unspecified atom stereocenters. The van der Waals surface area contributed by atoms with Crippen molar-refractivity contribution >= 4 is 17.5 Å². The number of halogens is 1. The molecule has 2 amide bonds. The van der Waals surface area contributed by atoms with Crippen molar-refractivity contribution in [3.05, 3.63) is 95.3 Å². The first-order valence-electron chi connectivity index (χ1n) is 10.2. The lowest BCUT2D eigenvalue weighted by Crippen LogP contribution is -2.38. The van der Waals surface area contributed by atoms with Gasteiger partial charge >= 0.3 is 0 Å². The quantitative estimate of drug-likeness (QED) is 0.641. The minimum Gasteiger partial charge on any atom is -0.492 e. The Morgan fingerprint density at radius 2 is 1.77 bits per heavy atom. The predicted octanol–water partition coefficient (Wildman–Crippen LogP) is 4.51. The largest absolute Gasteiger partial charge is 0.492 e. The molecule has 3 aromatic rings. The number of anilines is 1. The molecule has 1 aliphatic heterocycles. The molecule has 0 saturated carbocycles. The predicted molar refractivity (Wildman–Crippen MR) is 116 cm³/mol. The molecule has 31 heavy (non-hydrogen) atoms. The zero-order chi connectivity index (χ0) is 21.8. The summed E-state index contributed by atoms with van der Waals surface area (Å²) in [5, 5.41) is 5.86. The molecule has 1 aliphatic rings. The standard InChI is InChI=1S/C25H23FN2O3/c1-16(17-5-3-2-4-6-17)27-25(30)20-13-19-14-22(11-12-23(19)31-15-20)28-24(29)18-7-9-21(26)10-8-18/h2-12,14,16,20H,13,15H2,1H3,(H,27,30)(H,28,29)/t16-,20+/m0/s1. The molecular formula is C25H23FN2O3. The first-order chi connectivity index (χ1) is 15.0. The van der Waals surface area contributed by atoms with E-state index in [9.17, 15) is 14.0 Å². The third-order valence-corrected chi connectivity index (χ3v) is 5.36. The van der Waals surface area contributed by atoms with Gasteiger partial charge in [0.25, 0.3) is 5.91 Å². The summed E-state index contributed by atoms with van der Waals surface area (Å²) in [6, 6.07) is 20.4. The maximum absolute atomic E-state index is 13.1. The molecule has 5 nitrogen and oxygen atoms in total. The van der Waals surface area contributed by atoms with Crippen molar-refractivity contribution in [2.75, 3.05) is 11.9 Å². The van der Waals surface area contributed by atoms with Gasteiger partial charge in [0.2, 0.25) is 5.91 Å². The fraction of sp³-hybridized carbons (Fsp3) is 0.200. The Kier molecular flexibility index (Phi) is 5.98. The highest BCUT2D eigenvalue weighted by molar-refractivity contribution is 6.04. The number of nitrogens with one attached hydrogen (secondary N) is 2. The van der Waals surface area contributed by atoms with Crippen molar-refractivity contribution in [2.45, 2.75) is 19.4 Å². The van der Waals surface area contributed by atoms with Gasteiger partial charge in [0.05, 0.1) is 12.0 Å². The van der Waals surface area contributed by atoms with Gasteiger partial charge in [-0.15, -0.1) is 0 Å². The van der Waals surface area contributed by atoms with E-state index in [0.717, 1.165) is 11.1 Å². The Morgan fingerprint density at radius 3 is 2.52 bits per heavy atom. The average Bonchev–Trinajstić information content (AvgIpc) is 2.79. The van der Waals surface area contributed by atoms with E-state index in [4.69, 9.17) is 4.74 Å². The van der Waals surface area contributed by atoms with E-state index in [-0.39, 0.29) is 23.8 Å². The molecule has 0 bridgehead atoms. The van der Waals surface area contributed by atoms with Crippen LogP contribution in [-0.2, 0) is 11.2 Å². The summed E-state index contributed by atoms with van der Waals surface area (Å²) < 4.78 is 18.9. The molecular weight excluding hydrogens is 395 g/mol. The maximum atomic E-state index is 13.1. The minimum absolute atomic E-state index is 0.0669. The van der Waals surface area contributed by atoms with Crippen LogP contribution in [-0.4, -0.2) is 18.4 Å². The maximum Gasteiger partial charge on any atom is 0.255 e. The van der Waals surface area contributed by atoms with E-state index in [0.29, 0.717) is 30.0 Å².